The third-order valence-corrected chi connectivity index (χ3v) is 7.23. The molecular formula is C35H29N. The second kappa shape index (κ2) is 9.02. The Hall–Kier alpha value is -4.36. The van der Waals surface area contributed by atoms with Gasteiger partial charge in [-0.05, 0) is 95.6 Å². The Morgan fingerprint density at radius 1 is 0.611 bits per heavy atom. The van der Waals surface area contributed by atoms with E-state index in [1.807, 2.05) is 6.08 Å². The molecule has 0 atom stereocenters. The Bertz CT molecular complexity index is 1730. The highest BCUT2D eigenvalue weighted by Crippen LogP contribution is 2.37. The molecule has 0 saturated carbocycles. The zero-order valence-electron chi connectivity index (χ0n) is 20.8. The summed E-state index contributed by atoms with van der Waals surface area (Å²) in [5, 5.41) is 2.55. The Morgan fingerprint density at radius 3 is 2.06 bits per heavy atom. The van der Waals surface area contributed by atoms with Crippen molar-refractivity contribution in [3.8, 4) is 27.9 Å². The van der Waals surface area contributed by atoms with Crippen molar-refractivity contribution < 1.29 is 0 Å². The van der Waals surface area contributed by atoms with Gasteiger partial charge in [0, 0.05) is 16.5 Å². The van der Waals surface area contributed by atoms with E-state index in [0.717, 1.165) is 6.42 Å². The Balaban J connectivity index is 1.53. The number of rotatable bonds is 5. The molecule has 0 fully saturated rings. The van der Waals surface area contributed by atoms with Gasteiger partial charge in [-0.1, -0.05) is 78.9 Å². The SMILES string of the molecule is C=CCc1ccc(C)c(-c2cc(-c3ccc4c(c3)c3ccccc3n4-c3ccccc3)ccc2C)c1. The van der Waals surface area contributed by atoms with Gasteiger partial charge in [0.2, 0.25) is 0 Å². The molecule has 0 bridgehead atoms. The van der Waals surface area contributed by atoms with Crippen molar-refractivity contribution in [1.29, 1.82) is 0 Å². The molecule has 0 N–H and O–H groups in total. The van der Waals surface area contributed by atoms with Crippen LogP contribution in [0.4, 0.5) is 0 Å². The lowest BCUT2D eigenvalue weighted by Crippen LogP contribution is -1.93. The van der Waals surface area contributed by atoms with Crippen LogP contribution in [0.5, 0.6) is 0 Å². The molecule has 1 nitrogen and oxygen atoms in total. The van der Waals surface area contributed by atoms with Crippen molar-refractivity contribution in [2.75, 3.05) is 0 Å². The summed E-state index contributed by atoms with van der Waals surface area (Å²) >= 11 is 0. The highest BCUT2D eigenvalue weighted by Gasteiger charge is 2.14. The second-order valence-electron chi connectivity index (χ2n) is 9.59. The van der Waals surface area contributed by atoms with Gasteiger partial charge in [-0.25, -0.2) is 0 Å². The average molecular weight is 464 g/mol. The van der Waals surface area contributed by atoms with Gasteiger partial charge < -0.3 is 4.57 Å². The maximum absolute atomic E-state index is 3.92. The molecule has 174 valence electrons. The number of hydrogen-bond acceptors (Lipinski definition) is 0. The number of para-hydroxylation sites is 2. The van der Waals surface area contributed by atoms with Crippen LogP contribution in [-0.2, 0) is 6.42 Å². The maximum atomic E-state index is 3.92. The third-order valence-electron chi connectivity index (χ3n) is 7.23. The average Bonchev–Trinajstić information content (AvgIpc) is 3.24. The van der Waals surface area contributed by atoms with Crippen LogP contribution in [0, 0.1) is 13.8 Å². The Morgan fingerprint density at radius 2 is 1.25 bits per heavy atom. The zero-order valence-corrected chi connectivity index (χ0v) is 20.8. The summed E-state index contributed by atoms with van der Waals surface area (Å²) < 4.78 is 2.36. The molecule has 5 aromatic carbocycles. The molecule has 1 heteroatoms. The minimum absolute atomic E-state index is 0.883. The number of benzene rings is 5. The number of hydrogen-bond donors (Lipinski definition) is 0. The van der Waals surface area contributed by atoms with Gasteiger partial charge in [0.1, 0.15) is 0 Å². The van der Waals surface area contributed by atoms with Crippen LogP contribution in [0.15, 0.2) is 122 Å². The normalized spacial score (nSPS) is 11.3. The van der Waals surface area contributed by atoms with Gasteiger partial charge in [0.25, 0.3) is 0 Å². The van der Waals surface area contributed by atoms with Crippen LogP contribution in [0.2, 0.25) is 0 Å². The summed E-state index contributed by atoms with van der Waals surface area (Å²) in [4.78, 5) is 0. The molecule has 1 aromatic heterocycles. The molecule has 0 saturated heterocycles. The molecule has 0 spiro atoms. The van der Waals surface area contributed by atoms with Gasteiger partial charge in [-0.2, -0.15) is 0 Å². The highest BCUT2D eigenvalue weighted by atomic mass is 15.0. The predicted molar refractivity (Wildman–Crippen MR) is 155 cm³/mol. The Kier molecular flexibility index (Phi) is 5.54. The van der Waals surface area contributed by atoms with Crippen LogP contribution < -0.4 is 0 Å². The lowest BCUT2D eigenvalue weighted by Gasteiger charge is -2.14. The number of nitrogens with zero attached hydrogens (tertiary/aromatic N) is 1. The van der Waals surface area contributed by atoms with Gasteiger partial charge >= 0.3 is 0 Å². The van der Waals surface area contributed by atoms with E-state index in [1.165, 1.54) is 66.4 Å². The molecule has 36 heavy (non-hydrogen) atoms. The van der Waals surface area contributed by atoms with Crippen molar-refractivity contribution in [2.45, 2.75) is 20.3 Å². The fourth-order valence-corrected chi connectivity index (χ4v) is 5.35. The zero-order chi connectivity index (χ0) is 24.6. The molecule has 1 heterocycles. The molecule has 0 aliphatic carbocycles. The summed E-state index contributed by atoms with van der Waals surface area (Å²) in [5.74, 6) is 0. The van der Waals surface area contributed by atoms with Crippen LogP contribution >= 0.6 is 0 Å². The van der Waals surface area contributed by atoms with Crippen LogP contribution in [0.3, 0.4) is 0 Å². The van der Waals surface area contributed by atoms with Crippen molar-refractivity contribution in [1.82, 2.24) is 4.57 Å². The van der Waals surface area contributed by atoms with Crippen molar-refractivity contribution in [3.05, 3.63) is 139 Å². The number of aromatic nitrogens is 1. The first-order valence-corrected chi connectivity index (χ1v) is 12.5. The van der Waals surface area contributed by atoms with E-state index in [9.17, 15) is 0 Å². The topological polar surface area (TPSA) is 4.93 Å². The largest absolute Gasteiger partial charge is 0.309 e. The van der Waals surface area contributed by atoms with Crippen LogP contribution in [0.1, 0.15) is 16.7 Å². The molecule has 0 unspecified atom stereocenters. The van der Waals surface area contributed by atoms with Crippen molar-refractivity contribution >= 4 is 21.8 Å². The monoisotopic (exact) mass is 463 g/mol. The molecule has 6 rings (SSSR count). The van der Waals surface area contributed by atoms with Crippen LogP contribution in [0.25, 0.3) is 49.7 Å². The lowest BCUT2D eigenvalue weighted by molar-refractivity contribution is 1.18. The standard InChI is InChI=1S/C35H29N/c1-4-10-26-17-15-24(2)31(21-26)32-22-27(18-16-25(32)3)28-19-20-35-33(23-28)30-13-8-9-14-34(30)36(35)29-11-6-5-7-12-29/h4-9,11-23H,1,10H2,2-3H3. The smallest absolute Gasteiger partial charge is 0.0541 e. The molecule has 0 aliphatic heterocycles. The van der Waals surface area contributed by atoms with Crippen molar-refractivity contribution in [3.63, 3.8) is 0 Å². The van der Waals surface area contributed by atoms with Gasteiger partial charge in [-0.15, -0.1) is 6.58 Å². The minimum atomic E-state index is 0.883. The quantitative estimate of drug-likeness (QED) is 0.224. The highest BCUT2D eigenvalue weighted by molar-refractivity contribution is 6.10. The first-order chi connectivity index (χ1) is 17.6. The molecular weight excluding hydrogens is 434 g/mol. The predicted octanol–water partition coefficient (Wildman–Crippen LogP) is 9.46. The first-order valence-electron chi connectivity index (χ1n) is 12.5. The summed E-state index contributed by atoms with van der Waals surface area (Å²) in [7, 11) is 0. The van der Waals surface area contributed by atoms with E-state index in [-0.39, 0.29) is 0 Å². The van der Waals surface area contributed by atoms with E-state index in [2.05, 4.69) is 134 Å². The van der Waals surface area contributed by atoms with Gasteiger partial charge in [-0.3, -0.25) is 0 Å². The summed E-state index contributed by atoms with van der Waals surface area (Å²) in [6, 6.07) is 39.8. The van der Waals surface area contributed by atoms with Gasteiger partial charge in [0.15, 0.2) is 0 Å². The second-order valence-corrected chi connectivity index (χ2v) is 9.59. The lowest BCUT2D eigenvalue weighted by atomic mass is 9.91. The Labute approximate surface area is 213 Å². The molecule has 6 aromatic rings. The first kappa shape index (κ1) is 22.1. The van der Waals surface area contributed by atoms with E-state index >= 15 is 0 Å². The molecule has 0 amide bonds. The third kappa shape index (κ3) is 3.74. The molecule has 0 radical (unpaired) electrons. The summed E-state index contributed by atoms with van der Waals surface area (Å²) in [5.41, 5.74) is 12.6. The van der Waals surface area contributed by atoms with E-state index in [0.29, 0.717) is 0 Å². The summed E-state index contributed by atoms with van der Waals surface area (Å²) in [6.07, 6.45) is 2.85. The fourth-order valence-electron chi connectivity index (χ4n) is 5.35. The fraction of sp³-hybridized carbons (Fsp3) is 0.0857. The van der Waals surface area contributed by atoms with E-state index in [4.69, 9.17) is 0 Å². The van der Waals surface area contributed by atoms with Crippen molar-refractivity contribution in [2.24, 2.45) is 0 Å². The number of aryl methyl sites for hydroxylation is 2. The van der Waals surface area contributed by atoms with E-state index in [1.54, 1.807) is 0 Å². The summed E-state index contributed by atoms with van der Waals surface area (Å²) in [6.45, 7) is 8.32. The minimum Gasteiger partial charge on any atom is -0.309 e. The number of allylic oxidation sites excluding steroid dienone is 1. The van der Waals surface area contributed by atoms with Crippen LogP contribution in [-0.4, -0.2) is 4.57 Å². The van der Waals surface area contributed by atoms with E-state index < -0.39 is 0 Å². The number of fused-ring (bicyclic) bond motifs is 3. The molecule has 0 aliphatic rings. The maximum Gasteiger partial charge on any atom is 0.0541 e. The van der Waals surface area contributed by atoms with Gasteiger partial charge in [0.05, 0.1) is 11.0 Å².